The van der Waals surface area contributed by atoms with Crippen LogP contribution in [-0.4, -0.2) is 36.5 Å². The van der Waals surface area contributed by atoms with Gasteiger partial charge in [0.2, 0.25) is 0 Å². The van der Waals surface area contributed by atoms with Gasteiger partial charge in [-0.1, -0.05) is 22.0 Å². The van der Waals surface area contributed by atoms with Crippen molar-refractivity contribution >= 4 is 34.2 Å². The second-order valence-electron chi connectivity index (χ2n) is 4.46. The topological polar surface area (TPSA) is 32.3 Å². The summed E-state index contributed by atoms with van der Waals surface area (Å²) in [5.74, 6) is 0.137. The number of nitrogens with one attached hydrogen (secondary N) is 1. The van der Waals surface area contributed by atoms with E-state index in [0.717, 1.165) is 35.2 Å². The van der Waals surface area contributed by atoms with Gasteiger partial charge >= 0.3 is 0 Å². The molecule has 0 spiro atoms. The zero-order chi connectivity index (χ0) is 12.4. The largest absolute Gasteiger partial charge is 0.333 e. The van der Waals surface area contributed by atoms with E-state index < -0.39 is 0 Å². The predicted molar refractivity (Wildman–Crippen MR) is 79.5 cm³/mol. The molecule has 5 heteroatoms. The van der Waals surface area contributed by atoms with Crippen molar-refractivity contribution in [2.24, 2.45) is 0 Å². The Morgan fingerprint density at radius 2 is 2.22 bits per heavy atom. The van der Waals surface area contributed by atoms with E-state index in [9.17, 15) is 4.79 Å². The highest BCUT2D eigenvalue weighted by Gasteiger charge is 2.25. The van der Waals surface area contributed by atoms with Crippen LogP contribution in [0.3, 0.4) is 0 Å². The molecule has 1 heterocycles. The van der Waals surface area contributed by atoms with E-state index >= 15 is 0 Å². The Balaban J connectivity index is 0.00000162. The van der Waals surface area contributed by atoms with Crippen molar-refractivity contribution in [1.82, 2.24) is 10.2 Å². The summed E-state index contributed by atoms with van der Waals surface area (Å²) in [4.78, 5) is 14.4. The van der Waals surface area contributed by atoms with Gasteiger partial charge in [-0.25, -0.2) is 0 Å². The lowest BCUT2D eigenvalue weighted by atomic mass is 10.1. The van der Waals surface area contributed by atoms with Crippen LogP contribution < -0.4 is 5.32 Å². The SMILES string of the molecule is Cc1c(Br)cccc1C(=O)N1CCNC[C@H]1C.Cl. The number of hydrogen-bond donors (Lipinski definition) is 1. The van der Waals surface area contributed by atoms with Gasteiger partial charge in [-0.3, -0.25) is 4.79 Å². The van der Waals surface area contributed by atoms with Crippen LogP contribution in [0, 0.1) is 6.92 Å². The van der Waals surface area contributed by atoms with Crippen molar-refractivity contribution < 1.29 is 4.79 Å². The summed E-state index contributed by atoms with van der Waals surface area (Å²) in [6, 6.07) is 6.04. The third-order valence-corrected chi connectivity index (χ3v) is 4.12. The van der Waals surface area contributed by atoms with Crippen molar-refractivity contribution in [2.75, 3.05) is 19.6 Å². The van der Waals surface area contributed by atoms with Crippen molar-refractivity contribution in [3.05, 3.63) is 33.8 Å². The summed E-state index contributed by atoms with van der Waals surface area (Å²) in [7, 11) is 0. The molecule has 0 aliphatic carbocycles. The summed E-state index contributed by atoms with van der Waals surface area (Å²) in [5.41, 5.74) is 1.82. The molecule has 1 amide bonds. The minimum Gasteiger partial charge on any atom is -0.333 e. The lowest BCUT2D eigenvalue weighted by Crippen LogP contribution is -2.52. The summed E-state index contributed by atoms with van der Waals surface area (Å²) in [6.07, 6.45) is 0. The Hall–Kier alpha value is -0.580. The molecule has 1 atom stereocenters. The number of nitrogens with zero attached hydrogens (tertiary/aromatic N) is 1. The number of hydrogen-bond acceptors (Lipinski definition) is 2. The number of halogens is 2. The van der Waals surface area contributed by atoms with Crippen molar-refractivity contribution in [1.29, 1.82) is 0 Å². The maximum absolute atomic E-state index is 12.5. The lowest BCUT2D eigenvalue weighted by molar-refractivity contribution is 0.0655. The van der Waals surface area contributed by atoms with Gasteiger partial charge in [0.1, 0.15) is 0 Å². The van der Waals surface area contributed by atoms with Crippen LogP contribution in [0.2, 0.25) is 0 Å². The molecular weight excluding hydrogens is 316 g/mol. The molecule has 0 saturated carbocycles. The van der Waals surface area contributed by atoms with Gasteiger partial charge in [-0.15, -0.1) is 12.4 Å². The maximum Gasteiger partial charge on any atom is 0.254 e. The number of piperazine rings is 1. The fourth-order valence-corrected chi connectivity index (χ4v) is 2.50. The number of amides is 1. The Kier molecular flexibility index (Phi) is 5.63. The second-order valence-corrected chi connectivity index (χ2v) is 5.32. The van der Waals surface area contributed by atoms with Gasteiger partial charge in [-0.2, -0.15) is 0 Å². The Morgan fingerprint density at radius 1 is 1.50 bits per heavy atom. The first-order chi connectivity index (χ1) is 8.11. The average Bonchev–Trinajstić information content (AvgIpc) is 2.32. The molecule has 100 valence electrons. The normalized spacial score (nSPS) is 19.3. The Bertz CT molecular complexity index is 439. The standard InChI is InChI=1S/C13H17BrN2O.ClH/c1-9-8-15-6-7-16(9)13(17)11-4-3-5-12(14)10(11)2;/h3-5,9,15H,6-8H2,1-2H3;1H/t9-;/m1./s1. The molecule has 0 radical (unpaired) electrons. The van der Waals surface area contributed by atoms with E-state index in [1.165, 1.54) is 0 Å². The molecule has 1 saturated heterocycles. The van der Waals surface area contributed by atoms with E-state index in [-0.39, 0.29) is 24.4 Å². The molecule has 18 heavy (non-hydrogen) atoms. The molecule has 1 fully saturated rings. The first kappa shape index (κ1) is 15.5. The van der Waals surface area contributed by atoms with Crippen LogP contribution in [0.5, 0.6) is 0 Å². The Labute approximate surface area is 122 Å². The lowest BCUT2D eigenvalue weighted by Gasteiger charge is -2.34. The van der Waals surface area contributed by atoms with Crippen molar-refractivity contribution in [2.45, 2.75) is 19.9 Å². The minimum absolute atomic E-state index is 0. The molecule has 0 aromatic heterocycles. The third-order valence-electron chi connectivity index (χ3n) is 3.26. The summed E-state index contributed by atoms with van der Waals surface area (Å²) in [5, 5.41) is 3.29. The van der Waals surface area contributed by atoms with Crippen LogP contribution in [0.25, 0.3) is 0 Å². The quantitative estimate of drug-likeness (QED) is 0.857. The first-order valence-corrected chi connectivity index (χ1v) is 6.67. The molecule has 3 nitrogen and oxygen atoms in total. The number of carbonyl (C=O) groups is 1. The van der Waals surface area contributed by atoms with E-state index in [1.54, 1.807) is 0 Å². The van der Waals surface area contributed by atoms with Crippen LogP contribution in [0.15, 0.2) is 22.7 Å². The molecular formula is C13H18BrClN2O. The van der Waals surface area contributed by atoms with E-state index in [0.29, 0.717) is 0 Å². The molecule has 0 unspecified atom stereocenters. The molecule has 1 aliphatic heterocycles. The molecule has 1 aromatic rings. The number of rotatable bonds is 1. The van der Waals surface area contributed by atoms with Crippen LogP contribution in [-0.2, 0) is 0 Å². The van der Waals surface area contributed by atoms with Crippen LogP contribution in [0.1, 0.15) is 22.8 Å². The maximum atomic E-state index is 12.5. The third kappa shape index (κ3) is 3.05. The summed E-state index contributed by atoms with van der Waals surface area (Å²) >= 11 is 3.47. The highest BCUT2D eigenvalue weighted by atomic mass is 79.9. The van der Waals surface area contributed by atoms with Gasteiger partial charge in [0, 0.05) is 35.7 Å². The molecule has 1 N–H and O–H groups in total. The molecule has 1 aliphatic rings. The highest BCUT2D eigenvalue weighted by molar-refractivity contribution is 9.10. The summed E-state index contributed by atoms with van der Waals surface area (Å²) in [6.45, 7) is 6.59. The van der Waals surface area contributed by atoms with Crippen molar-refractivity contribution in [3.63, 3.8) is 0 Å². The van der Waals surface area contributed by atoms with Crippen LogP contribution >= 0.6 is 28.3 Å². The molecule has 0 bridgehead atoms. The van der Waals surface area contributed by atoms with E-state index in [1.807, 2.05) is 30.0 Å². The van der Waals surface area contributed by atoms with Gasteiger partial charge in [0.15, 0.2) is 0 Å². The first-order valence-electron chi connectivity index (χ1n) is 5.88. The van der Waals surface area contributed by atoms with Gasteiger partial charge < -0.3 is 10.2 Å². The monoisotopic (exact) mass is 332 g/mol. The fourth-order valence-electron chi connectivity index (χ4n) is 2.14. The van der Waals surface area contributed by atoms with Crippen LogP contribution in [0.4, 0.5) is 0 Å². The minimum atomic E-state index is 0. The van der Waals surface area contributed by atoms with Crippen molar-refractivity contribution in [3.8, 4) is 0 Å². The smallest absolute Gasteiger partial charge is 0.254 e. The Morgan fingerprint density at radius 3 is 2.89 bits per heavy atom. The van der Waals surface area contributed by atoms with E-state index in [4.69, 9.17) is 0 Å². The number of carbonyl (C=O) groups excluding carboxylic acids is 1. The van der Waals surface area contributed by atoms with E-state index in [2.05, 4.69) is 28.2 Å². The number of benzene rings is 1. The zero-order valence-corrected chi connectivity index (χ0v) is 13.0. The van der Waals surface area contributed by atoms with Gasteiger partial charge in [0.05, 0.1) is 0 Å². The second kappa shape index (κ2) is 6.55. The van der Waals surface area contributed by atoms with Gasteiger partial charge in [0.25, 0.3) is 5.91 Å². The molecule has 1 aromatic carbocycles. The summed E-state index contributed by atoms with van der Waals surface area (Å²) < 4.78 is 0.992. The fraction of sp³-hybridized carbons (Fsp3) is 0.462. The van der Waals surface area contributed by atoms with Gasteiger partial charge in [-0.05, 0) is 31.5 Å². The average molecular weight is 334 g/mol. The highest BCUT2D eigenvalue weighted by Crippen LogP contribution is 2.21. The molecule has 2 rings (SSSR count). The zero-order valence-electron chi connectivity index (χ0n) is 10.6. The predicted octanol–water partition coefficient (Wildman–Crippen LogP) is 2.61.